The van der Waals surface area contributed by atoms with E-state index in [0.717, 1.165) is 49.1 Å². The Hall–Kier alpha value is -1.96. The van der Waals surface area contributed by atoms with Crippen molar-refractivity contribution in [2.75, 3.05) is 19.7 Å². The minimum atomic E-state index is 0.154. The number of aryl methyl sites for hydroxylation is 1. The predicted molar refractivity (Wildman–Crippen MR) is 91.8 cm³/mol. The van der Waals surface area contributed by atoms with E-state index in [9.17, 15) is 0 Å². The maximum absolute atomic E-state index is 5.88. The van der Waals surface area contributed by atoms with E-state index < -0.39 is 0 Å². The van der Waals surface area contributed by atoms with E-state index >= 15 is 0 Å². The van der Waals surface area contributed by atoms with E-state index in [2.05, 4.69) is 15.2 Å². The second-order valence-electron chi connectivity index (χ2n) is 6.13. The lowest BCUT2D eigenvalue weighted by molar-refractivity contribution is -0.0407. The van der Waals surface area contributed by atoms with Crippen LogP contribution in [0.15, 0.2) is 40.5 Å². The molecule has 4 rings (SSSR count). The highest BCUT2D eigenvalue weighted by Gasteiger charge is 2.22. The molecule has 0 bridgehead atoms. The third-order valence-electron chi connectivity index (χ3n) is 4.08. The molecule has 1 atom stereocenters. The zero-order chi connectivity index (χ0) is 16.4. The van der Waals surface area contributed by atoms with E-state index in [0.29, 0.717) is 0 Å². The van der Waals surface area contributed by atoms with Gasteiger partial charge in [-0.15, -0.1) is 11.3 Å². The van der Waals surface area contributed by atoms with Gasteiger partial charge in [0.25, 0.3) is 0 Å². The highest BCUT2D eigenvalue weighted by Crippen LogP contribution is 2.25. The van der Waals surface area contributed by atoms with Crippen LogP contribution in [-0.2, 0) is 17.8 Å². The van der Waals surface area contributed by atoms with Gasteiger partial charge < -0.3 is 9.26 Å². The Morgan fingerprint density at radius 3 is 3.17 bits per heavy atom. The molecule has 24 heavy (non-hydrogen) atoms. The molecule has 0 N–H and O–H groups in total. The van der Waals surface area contributed by atoms with Crippen molar-refractivity contribution in [1.29, 1.82) is 0 Å². The lowest BCUT2D eigenvalue weighted by Gasteiger charge is -2.32. The van der Waals surface area contributed by atoms with Crippen molar-refractivity contribution in [2.45, 2.75) is 26.1 Å². The summed E-state index contributed by atoms with van der Waals surface area (Å²) in [5.41, 5.74) is 2.14. The van der Waals surface area contributed by atoms with E-state index in [4.69, 9.17) is 9.26 Å². The Morgan fingerprint density at radius 1 is 1.42 bits per heavy atom. The Morgan fingerprint density at radius 2 is 2.38 bits per heavy atom. The van der Waals surface area contributed by atoms with Gasteiger partial charge in [-0.2, -0.15) is 5.10 Å². The molecular formula is C17H20N4O2S. The van der Waals surface area contributed by atoms with Crippen LogP contribution in [0.3, 0.4) is 0 Å². The molecule has 3 aromatic heterocycles. The third-order valence-corrected chi connectivity index (χ3v) is 4.97. The number of thiophene rings is 1. The summed E-state index contributed by atoms with van der Waals surface area (Å²) in [5.74, 6) is 0.844. The topological polar surface area (TPSA) is 56.3 Å². The van der Waals surface area contributed by atoms with Crippen LogP contribution in [0.25, 0.3) is 10.6 Å². The van der Waals surface area contributed by atoms with Gasteiger partial charge in [0.2, 0.25) is 0 Å². The molecule has 0 unspecified atom stereocenters. The van der Waals surface area contributed by atoms with Crippen LogP contribution in [0.4, 0.5) is 0 Å². The van der Waals surface area contributed by atoms with Gasteiger partial charge in [0, 0.05) is 31.9 Å². The zero-order valence-electron chi connectivity index (χ0n) is 13.6. The number of morpholine rings is 1. The first kappa shape index (κ1) is 15.6. The molecule has 0 saturated carbocycles. The summed E-state index contributed by atoms with van der Waals surface area (Å²) in [7, 11) is 0. The van der Waals surface area contributed by atoms with Gasteiger partial charge in [-0.25, -0.2) is 0 Å². The van der Waals surface area contributed by atoms with Crippen molar-refractivity contribution >= 4 is 11.3 Å². The fourth-order valence-corrected chi connectivity index (χ4v) is 3.63. The van der Waals surface area contributed by atoms with Gasteiger partial charge >= 0.3 is 0 Å². The first-order chi connectivity index (χ1) is 11.8. The van der Waals surface area contributed by atoms with Gasteiger partial charge in [-0.3, -0.25) is 9.58 Å². The molecule has 0 aliphatic carbocycles. The number of aromatic nitrogens is 3. The second kappa shape index (κ2) is 6.88. The normalized spacial score (nSPS) is 19.0. The van der Waals surface area contributed by atoms with Crippen molar-refractivity contribution in [2.24, 2.45) is 0 Å². The molecule has 1 aliphatic rings. The fourth-order valence-electron chi connectivity index (χ4n) is 2.96. The summed E-state index contributed by atoms with van der Waals surface area (Å²) >= 11 is 1.66. The van der Waals surface area contributed by atoms with Crippen LogP contribution in [-0.4, -0.2) is 45.6 Å². The molecule has 0 aromatic carbocycles. The summed E-state index contributed by atoms with van der Waals surface area (Å²) in [5, 5.41) is 10.6. The molecule has 0 amide bonds. The smallest absolute Gasteiger partial charge is 0.177 e. The fraction of sp³-hybridized carbons (Fsp3) is 0.412. The maximum Gasteiger partial charge on any atom is 0.177 e. The molecule has 4 heterocycles. The minimum Gasteiger partial charge on any atom is -0.374 e. The quantitative estimate of drug-likeness (QED) is 0.712. The number of nitrogens with zero attached hydrogens (tertiary/aromatic N) is 4. The van der Waals surface area contributed by atoms with Crippen molar-refractivity contribution in [3.8, 4) is 10.6 Å². The van der Waals surface area contributed by atoms with Gasteiger partial charge in [-0.05, 0) is 23.9 Å². The Balaban J connectivity index is 1.36. The minimum absolute atomic E-state index is 0.154. The number of ether oxygens (including phenoxy) is 1. The summed E-state index contributed by atoms with van der Waals surface area (Å²) in [6.45, 7) is 6.14. The van der Waals surface area contributed by atoms with Crippen molar-refractivity contribution in [3.05, 3.63) is 47.2 Å². The average molecular weight is 344 g/mol. The summed E-state index contributed by atoms with van der Waals surface area (Å²) in [6, 6.07) is 6.10. The monoisotopic (exact) mass is 344 g/mol. The van der Waals surface area contributed by atoms with E-state index in [-0.39, 0.29) is 6.10 Å². The van der Waals surface area contributed by atoms with E-state index in [1.807, 2.05) is 47.6 Å². The lowest BCUT2D eigenvalue weighted by Crippen LogP contribution is -2.43. The molecule has 1 fully saturated rings. The third kappa shape index (κ3) is 3.58. The summed E-state index contributed by atoms with van der Waals surface area (Å²) < 4.78 is 13.3. The number of hydrogen-bond donors (Lipinski definition) is 0. The molecule has 0 radical (unpaired) electrons. The predicted octanol–water partition coefficient (Wildman–Crippen LogP) is 2.81. The highest BCUT2D eigenvalue weighted by molar-refractivity contribution is 7.13. The molecular weight excluding hydrogens is 324 g/mol. The molecule has 3 aromatic rings. The van der Waals surface area contributed by atoms with Crippen LogP contribution in [0.1, 0.15) is 11.3 Å². The molecule has 7 heteroatoms. The summed E-state index contributed by atoms with van der Waals surface area (Å²) in [6.07, 6.45) is 4.08. The largest absolute Gasteiger partial charge is 0.374 e. The van der Waals surface area contributed by atoms with Crippen molar-refractivity contribution in [3.63, 3.8) is 0 Å². The molecule has 126 valence electrons. The Labute approximate surface area is 144 Å². The van der Waals surface area contributed by atoms with Crippen molar-refractivity contribution in [1.82, 2.24) is 19.8 Å². The first-order valence-electron chi connectivity index (χ1n) is 8.09. The van der Waals surface area contributed by atoms with E-state index in [1.54, 1.807) is 11.3 Å². The number of hydrogen-bond acceptors (Lipinski definition) is 6. The van der Waals surface area contributed by atoms with Gasteiger partial charge in [0.1, 0.15) is 0 Å². The molecule has 6 nitrogen and oxygen atoms in total. The zero-order valence-corrected chi connectivity index (χ0v) is 14.4. The molecule has 0 spiro atoms. The highest BCUT2D eigenvalue weighted by atomic mass is 32.1. The van der Waals surface area contributed by atoms with Gasteiger partial charge in [0.05, 0.1) is 36.0 Å². The van der Waals surface area contributed by atoms with Crippen LogP contribution in [0, 0.1) is 6.92 Å². The van der Waals surface area contributed by atoms with Crippen LogP contribution in [0.5, 0.6) is 0 Å². The number of rotatable bonds is 5. The second-order valence-corrected chi connectivity index (χ2v) is 7.08. The van der Waals surface area contributed by atoms with Gasteiger partial charge in [-0.1, -0.05) is 11.2 Å². The van der Waals surface area contributed by atoms with Crippen LogP contribution < -0.4 is 0 Å². The van der Waals surface area contributed by atoms with Crippen LogP contribution >= 0.6 is 11.3 Å². The van der Waals surface area contributed by atoms with Crippen molar-refractivity contribution < 1.29 is 9.26 Å². The SMILES string of the molecule is Cc1cnn(C[C@H]2CN(Cc3cc(-c4cccs4)on3)CCO2)c1. The summed E-state index contributed by atoms with van der Waals surface area (Å²) in [4.78, 5) is 3.48. The van der Waals surface area contributed by atoms with Gasteiger partial charge in [0.15, 0.2) is 5.76 Å². The van der Waals surface area contributed by atoms with E-state index in [1.165, 1.54) is 5.56 Å². The Bertz CT molecular complexity index is 780. The lowest BCUT2D eigenvalue weighted by atomic mass is 10.2. The molecule has 1 saturated heterocycles. The van der Waals surface area contributed by atoms with Crippen LogP contribution in [0.2, 0.25) is 0 Å². The maximum atomic E-state index is 5.88. The first-order valence-corrected chi connectivity index (χ1v) is 8.97. The standard InChI is InChI=1S/C17H20N4O2S/c1-13-8-18-21(9-13)12-15-11-20(4-5-22-15)10-14-7-16(23-19-14)17-3-2-6-24-17/h2-3,6-9,15H,4-5,10-12H2,1H3/t15-/m1/s1. The molecule has 1 aliphatic heterocycles. The average Bonchev–Trinajstić information content (AvgIpc) is 3.29. The Kier molecular flexibility index (Phi) is 4.46.